The molecule has 1 amide bonds. The monoisotopic (exact) mass is 410 g/mol. The summed E-state index contributed by atoms with van der Waals surface area (Å²) in [5.41, 5.74) is 6.63. The molecule has 0 bridgehead atoms. The molecule has 154 valence electrons. The summed E-state index contributed by atoms with van der Waals surface area (Å²) in [6.07, 6.45) is 2.95. The Morgan fingerprint density at radius 3 is 2.53 bits per heavy atom. The van der Waals surface area contributed by atoms with Crippen molar-refractivity contribution in [2.75, 3.05) is 0 Å². The van der Waals surface area contributed by atoms with Crippen LogP contribution >= 0.6 is 0 Å². The fraction of sp³-hybridized carbons (Fsp3) is 0.158. The SMILES string of the molecule is N[C@@H](Cc1cn(-c2ccc([N+](=O)[O-])cc2[N+](=O)[O-])cn1)C(=O)NCc1ccccc1. The van der Waals surface area contributed by atoms with Gasteiger partial charge in [-0.15, -0.1) is 0 Å². The van der Waals surface area contributed by atoms with Crippen LogP contribution in [0.3, 0.4) is 0 Å². The number of imidazole rings is 1. The van der Waals surface area contributed by atoms with E-state index >= 15 is 0 Å². The van der Waals surface area contributed by atoms with E-state index in [0.717, 1.165) is 11.6 Å². The largest absolute Gasteiger partial charge is 0.351 e. The van der Waals surface area contributed by atoms with Crippen LogP contribution in [0.2, 0.25) is 0 Å². The first-order valence-electron chi connectivity index (χ1n) is 8.88. The van der Waals surface area contributed by atoms with Gasteiger partial charge in [-0.1, -0.05) is 30.3 Å². The van der Waals surface area contributed by atoms with Gasteiger partial charge in [0, 0.05) is 25.2 Å². The lowest BCUT2D eigenvalue weighted by molar-refractivity contribution is -0.394. The summed E-state index contributed by atoms with van der Waals surface area (Å²) in [6, 6.07) is 11.8. The van der Waals surface area contributed by atoms with Crippen molar-refractivity contribution in [2.45, 2.75) is 19.0 Å². The summed E-state index contributed by atoms with van der Waals surface area (Å²) >= 11 is 0. The Bertz CT molecular complexity index is 1080. The third-order valence-electron chi connectivity index (χ3n) is 4.36. The highest BCUT2D eigenvalue weighted by molar-refractivity contribution is 5.81. The van der Waals surface area contributed by atoms with Gasteiger partial charge in [0.1, 0.15) is 5.69 Å². The van der Waals surface area contributed by atoms with Crippen LogP contribution in [0, 0.1) is 20.2 Å². The van der Waals surface area contributed by atoms with Gasteiger partial charge in [-0.3, -0.25) is 29.6 Å². The van der Waals surface area contributed by atoms with Crippen molar-refractivity contribution in [3.05, 3.63) is 92.5 Å². The number of non-ortho nitro benzene ring substituents is 1. The average molecular weight is 410 g/mol. The van der Waals surface area contributed by atoms with Gasteiger partial charge in [-0.2, -0.15) is 0 Å². The summed E-state index contributed by atoms with van der Waals surface area (Å²) in [5, 5.41) is 24.9. The molecule has 0 aliphatic heterocycles. The minimum atomic E-state index is -0.857. The maximum Gasteiger partial charge on any atom is 0.300 e. The minimum absolute atomic E-state index is 0.117. The summed E-state index contributed by atoms with van der Waals surface area (Å²) in [7, 11) is 0. The van der Waals surface area contributed by atoms with Crippen molar-refractivity contribution in [1.82, 2.24) is 14.9 Å². The lowest BCUT2D eigenvalue weighted by Gasteiger charge is -2.11. The molecule has 30 heavy (non-hydrogen) atoms. The summed E-state index contributed by atoms with van der Waals surface area (Å²) < 4.78 is 1.37. The zero-order valence-electron chi connectivity index (χ0n) is 15.7. The van der Waals surface area contributed by atoms with E-state index in [9.17, 15) is 25.0 Å². The number of benzene rings is 2. The topological polar surface area (TPSA) is 159 Å². The Hall–Kier alpha value is -4.12. The van der Waals surface area contributed by atoms with Gasteiger partial charge in [-0.25, -0.2) is 4.98 Å². The highest BCUT2D eigenvalue weighted by atomic mass is 16.6. The zero-order valence-corrected chi connectivity index (χ0v) is 15.7. The number of nitrogens with zero attached hydrogens (tertiary/aromatic N) is 4. The molecule has 0 spiro atoms. The van der Waals surface area contributed by atoms with E-state index in [4.69, 9.17) is 5.73 Å². The van der Waals surface area contributed by atoms with E-state index in [1.165, 1.54) is 29.2 Å². The van der Waals surface area contributed by atoms with Gasteiger partial charge in [-0.05, 0) is 11.6 Å². The zero-order chi connectivity index (χ0) is 21.7. The van der Waals surface area contributed by atoms with Gasteiger partial charge >= 0.3 is 0 Å². The first-order valence-corrected chi connectivity index (χ1v) is 8.88. The van der Waals surface area contributed by atoms with Gasteiger partial charge in [0.15, 0.2) is 0 Å². The number of nitrogens with two attached hydrogens (primary N) is 1. The van der Waals surface area contributed by atoms with Crippen LogP contribution in [-0.2, 0) is 17.8 Å². The maximum atomic E-state index is 12.2. The normalized spacial score (nSPS) is 11.6. The fourth-order valence-corrected chi connectivity index (χ4v) is 2.82. The Kier molecular flexibility index (Phi) is 6.13. The first kappa shape index (κ1) is 20.6. The highest BCUT2D eigenvalue weighted by Crippen LogP contribution is 2.27. The molecule has 11 nitrogen and oxygen atoms in total. The van der Waals surface area contributed by atoms with Gasteiger partial charge in [0.05, 0.1) is 34.0 Å². The molecule has 0 fully saturated rings. The molecule has 11 heteroatoms. The Labute approximate surface area is 170 Å². The number of nitrogens with one attached hydrogen (secondary N) is 1. The van der Waals surface area contributed by atoms with Crippen LogP contribution < -0.4 is 11.1 Å². The third-order valence-corrected chi connectivity index (χ3v) is 4.36. The third kappa shape index (κ3) is 4.83. The molecule has 0 unspecified atom stereocenters. The van der Waals surface area contributed by atoms with E-state index < -0.39 is 21.6 Å². The van der Waals surface area contributed by atoms with Crippen molar-refractivity contribution in [2.24, 2.45) is 5.73 Å². The summed E-state index contributed by atoms with van der Waals surface area (Å²) in [4.78, 5) is 37.1. The Morgan fingerprint density at radius 1 is 1.13 bits per heavy atom. The smallest absolute Gasteiger partial charge is 0.300 e. The van der Waals surface area contributed by atoms with Crippen molar-refractivity contribution in [3.8, 4) is 5.69 Å². The minimum Gasteiger partial charge on any atom is -0.351 e. The average Bonchev–Trinajstić information content (AvgIpc) is 3.20. The number of aromatic nitrogens is 2. The van der Waals surface area contributed by atoms with Crippen LogP contribution in [0.4, 0.5) is 11.4 Å². The Morgan fingerprint density at radius 2 is 1.87 bits per heavy atom. The number of carbonyl (C=O) groups excluding carboxylic acids is 1. The number of hydrogen-bond donors (Lipinski definition) is 2. The molecule has 0 radical (unpaired) electrons. The van der Waals surface area contributed by atoms with E-state index in [1.807, 2.05) is 30.3 Å². The van der Waals surface area contributed by atoms with Crippen molar-refractivity contribution in [1.29, 1.82) is 0 Å². The number of rotatable bonds is 8. The molecule has 1 atom stereocenters. The van der Waals surface area contributed by atoms with Crippen molar-refractivity contribution in [3.63, 3.8) is 0 Å². The molecule has 0 saturated heterocycles. The van der Waals surface area contributed by atoms with Crippen LogP contribution in [0.25, 0.3) is 5.69 Å². The van der Waals surface area contributed by atoms with Gasteiger partial charge < -0.3 is 11.1 Å². The number of hydrogen-bond acceptors (Lipinski definition) is 7. The van der Waals surface area contributed by atoms with Crippen LogP contribution in [0.5, 0.6) is 0 Å². The molecular formula is C19H18N6O5. The number of carbonyl (C=O) groups is 1. The number of nitro benzene ring substituents is 2. The molecule has 0 saturated carbocycles. The van der Waals surface area contributed by atoms with E-state index in [0.29, 0.717) is 12.2 Å². The number of nitro groups is 2. The van der Waals surface area contributed by atoms with Crippen molar-refractivity contribution >= 4 is 17.3 Å². The Balaban J connectivity index is 1.69. The molecular weight excluding hydrogens is 392 g/mol. The second kappa shape index (κ2) is 8.92. The van der Waals surface area contributed by atoms with Gasteiger partial charge in [0.25, 0.3) is 11.4 Å². The lowest BCUT2D eigenvalue weighted by atomic mass is 10.1. The molecule has 3 N–H and O–H groups in total. The predicted molar refractivity (Wildman–Crippen MR) is 107 cm³/mol. The van der Waals surface area contributed by atoms with E-state index in [-0.39, 0.29) is 23.7 Å². The van der Waals surface area contributed by atoms with E-state index in [1.54, 1.807) is 0 Å². The van der Waals surface area contributed by atoms with Crippen molar-refractivity contribution < 1.29 is 14.6 Å². The fourth-order valence-electron chi connectivity index (χ4n) is 2.82. The van der Waals surface area contributed by atoms with Crippen LogP contribution in [0.1, 0.15) is 11.3 Å². The number of amides is 1. The van der Waals surface area contributed by atoms with E-state index in [2.05, 4.69) is 10.3 Å². The molecule has 1 aromatic heterocycles. The predicted octanol–water partition coefficient (Wildman–Crippen LogP) is 1.87. The molecule has 3 rings (SSSR count). The summed E-state index contributed by atoms with van der Waals surface area (Å²) in [6.45, 7) is 0.344. The quantitative estimate of drug-likeness (QED) is 0.423. The second-order valence-corrected chi connectivity index (χ2v) is 6.47. The molecule has 1 heterocycles. The highest BCUT2D eigenvalue weighted by Gasteiger charge is 2.22. The molecule has 0 aliphatic rings. The second-order valence-electron chi connectivity index (χ2n) is 6.47. The standard InChI is InChI=1S/C19H18N6O5/c20-16(19(26)21-10-13-4-2-1-3-5-13)8-14-11-23(12-22-14)17-7-6-15(24(27)28)9-18(17)25(29)30/h1-7,9,11-12,16H,8,10,20H2,(H,21,26)/t16-/m0/s1. The molecule has 3 aromatic rings. The maximum absolute atomic E-state index is 12.2. The van der Waals surface area contributed by atoms with Crippen LogP contribution in [-0.4, -0.2) is 31.3 Å². The van der Waals surface area contributed by atoms with Crippen LogP contribution in [0.15, 0.2) is 61.1 Å². The van der Waals surface area contributed by atoms with Gasteiger partial charge in [0.2, 0.25) is 5.91 Å². The molecule has 2 aromatic carbocycles. The first-order chi connectivity index (χ1) is 14.3. The summed E-state index contributed by atoms with van der Waals surface area (Å²) in [5.74, 6) is -0.352. The lowest BCUT2D eigenvalue weighted by Crippen LogP contribution is -2.41. The molecule has 0 aliphatic carbocycles.